The Morgan fingerprint density at radius 2 is 1.92 bits per heavy atom. The zero-order valence-electron chi connectivity index (χ0n) is 13.1. The van der Waals surface area contributed by atoms with Crippen LogP contribution in [0.5, 0.6) is 0 Å². The van der Waals surface area contributed by atoms with Crippen molar-refractivity contribution in [3.8, 4) is 11.1 Å². The second-order valence-corrected chi connectivity index (χ2v) is 5.69. The summed E-state index contributed by atoms with van der Waals surface area (Å²) in [6.07, 6.45) is 3.03. The van der Waals surface area contributed by atoms with Gasteiger partial charge in [-0.25, -0.2) is 13.8 Å². The van der Waals surface area contributed by atoms with E-state index in [9.17, 15) is 13.6 Å². The number of nitrogens with zero attached hydrogens (tertiary/aromatic N) is 2. The molecule has 0 atom stereocenters. The number of aryl methyl sites for hydroxylation is 1. The molecule has 3 rings (SSSR count). The van der Waals surface area contributed by atoms with Crippen molar-refractivity contribution in [1.82, 2.24) is 9.97 Å². The van der Waals surface area contributed by atoms with Crippen molar-refractivity contribution in [1.29, 1.82) is 0 Å². The van der Waals surface area contributed by atoms with E-state index in [4.69, 9.17) is 11.6 Å². The van der Waals surface area contributed by atoms with Gasteiger partial charge in [0, 0.05) is 29.6 Å². The van der Waals surface area contributed by atoms with Crippen LogP contribution in [0.4, 0.5) is 14.6 Å². The summed E-state index contributed by atoms with van der Waals surface area (Å²) in [6, 6.07) is 8.19. The van der Waals surface area contributed by atoms with Crippen LogP contribution < -0.4 is 5.32 Å². The van der Waals surface area contributed by atoms with Crippen molar-refractivity contribution in [3.05, 3.63) is 76.7 Å². The minimum absolute atomic E-state index is 0.0937. The molecule has 0 fully saturated rings. The summed E-state index contributed by atoms with van der Waals surface area (Å²) in [5.74, 6) is -2.33. The Kier molecular flexibility index (Phi) is 4.72. The van der Waals surface area contributed by atoms with Crippen LogP contribution in [0.1, 0.15) is 15.9 Å². The number of aromatic nitrogens is 2. The first-order chi connectivity index (χ1) is 12.0. The van der Waals surface area contributed by atoms with Crippen LogP contribution in [0.25, 0.3) is 11.1 Å². The highest BCUT2D eigenvalue weighted by Crippen LogP contribution is 2.28. The lowest BCUT2D eigenvalue weighted by molar-refractivity contribution is 0.102. The van der Waals surface area contributed by atoms with Crippen LogP contribution in [0.2, 0.25) is 5.15 Å². The minimum atomic E-state index is -0.970. The van der Waals surface area contributed by atoms with Crippen molar-refractivity contribution < 1.29 is 13.6 Å². The average Bonchev–Trinajstić information content (AvgIpc) is 2.56. The number of halogens is 3. The highest BCUT2D eigenvalue weighted by molar-refractivity contribution is 6.29. The second kappa shape index (κ2) is 6.94. The molecule has 0 saturated heterocycles. The number of anilines is 1. The van der Waals surface area contributed by atoms with Crippen LogP contribution in [0.3, 0.4) is 0 Å². The van der Waals surface area contributed by atoms with Gasteiger partial charge in [-0.2, -0.15) is 0 Å². The third kappa shape index (κ3) is 3.64. The van der Waals surface area contributed by atoms with Crippen LogP contribution in [0.15, 0.2) is 48.8 Å². The maximum Gasteiger partial charge on any atom is 0.259 e. The maximum absolute atomic E-state index is 14.2. The molecule has 1 N–H and O–H groups in total. The van der Waals surface area contributed by atoms with E-state index in [1.165, 1.54) is 12.3 Å². The Labute approximate surface area is 147 Å². The Bertz CT molecular complexity index is 963. The molecular formula is C18H12ClF2N3O. The molecule has 126 valence electrons. The summed E-state index contributed by atoms with van der Waals surface area (Å²) in [5.41, 5.74) is 1.02. The molecule has 2 aromatic heterocycles. The Morgan fingerprint density at radius 1 is 1.12 bits per heavy atom. The zero-order valence-corrected chi connectivity index (χ0v) is 13.8. The van der Waals surface area contributed by atoms with E-state index in [1.54, 1.807) is 31.3 Å². The summed E-state index contributed by atoms with van der Waals surface area (Å²) in [4.78, 5) is 20.2. The van der Waals surface area contributed by atoms with Gasteiger partial charge in [-0.05, 0) is 36.8 Å². The molecule has 0 spiro atoms. The van der Waals surface area contributed by atoms with E-state index in [-0.39, 0.29) is 22.1 Å². The van der Waals surface area contributed by atoms with Crippen molar-refractivity contribution in [3.63, 3.8) is 0 Å². The van der Waals surface area contributed by atoms with Crippen LogP contribution in [-0.4, -0.2) is 15.9 Å². The summed E-state index contributed by atoms with van der Waals surface area (Å²) in [7, 11) is 0. The van der Waals surface area contributed by atoms with Crippen LogP contribution in [-0.2, 0) is 0 Å². The van der Waals surface area contributed by atoms with Crippen molar-refractivity contribution in [2.24, 2.45) is 0 Å². The molecule has 0 bridgehead atoms. The molecule has 0 aliphatic rings. The Hall–Kier alpha value is -2.86. The third-order valence-electron chi connectivity index (χ3n) is 3.59. The molecule has 1 amide bonds. The molecule has 7 heteroatoms. The van der Waals surface area contributed by atoms with E-state index >= 15 is 0 Å². The van der Waals surface area contributed by atoms with Gasteiger partial charge in [-0.15, -0.1) is 0 Å². The predicted molar refractivity (Wildman–Crippen MR) is 91.5 cm³/mol. The van der Waals surface area contributed by atoms with Crippen LogP contribution in [0, 0.1) is 18.6 Å². The monoisotopic (exact) mass is 359 g/mol. The highest BCUT2D eigenvalue weighted by Gasteiger charge is 2.18. The predicted octanol–water partition coefficient (Wildman–Crippen LogP) is 4.64. The average molecular weight is 360 g/mol. The number of carbonyl (C=O) groups excluding carboxylic acids is 1. The quantitative estimate of drug-likeness (QED) is 0.693. The molecule has 4 nitrogen and oxygen atoms in total. The first-order valence-electron chi connectivity index (χ1n) is 7.29. The topological polar surface area (TPSA) is 54.9 Å². The van der Waals surface area contributed by atoms with Crippen molar-refractivity contribution >= 4 is 23.3 Å². The van der Waals surface area contributed by atoms with Gasteiger partial charge in [0.25, 0.3) is 5.91 Å². The smallest absolute Gasteiger partial charge is 0.259 e. The zero-order chi connectivity index (χ0) is 18.0. The standard InChI is InChI=1S/C18H12ClF2N3O/c1-10-5-6-22-9-13(10)11-7-12(15(21)8-14(11)20)18(25)24-17-4-2-3-16(19)23-17/h2-9H,1H3,(H,23,24,25). The molecule has 0 unspecified atom stereocenters. The molecule has 25 heavy (non-hydrogen) atoms. The van der Waals surface area contributed by atoms with Gasteiger partial charge in [0.1, 0.15) is 22.6 Å². The molecule has 0 radical (unpaired) electrons. The summed E-state index contributed by atoms with van der Waals surface area (Å²) in [5, 5.41) is 2.62. The fourth-order valence-electron chi connectivity index (χ4n) is 2.34. The number of pyridine rings is 2. The van der Waals surface area contributed by atoms with Crippen molar-refractivity contribution in [2.45, 2.75) is 6.92 Å². The fraction of sp³-hybridized carbons (Fsp3) is 0.0556. The van der Waals surface area contributed by atoms with Gasteiger partial charge in [-0.3, -0.25) is 9.78 Å². The van der Waals surface area contributed by atoms with E-state index in [0.717, 1.165) is 11.6 Å². The summed E-state index contributed by atoms with van der Waals surface area (Å²) < 4.78 is 28.3. The number of benzene rings is 1. The molecule has 2 heterocycles. The first-order valence-corrected chi connectivity index (χ1v) is 7.67. The minimum Gasteiger partial charge on any atom is -0.306 e. The number of amides is 1. The number of carbonyl (C=O) groups is 1. The lowest BCUT2D eigenvalue weighted by Crippen LogP contribution is -2.15. The number of hydrogen-bond acceptors (Lipinski definition) is 3. The highest BCUT2D eigenvalue weighted by atomic mass is 35.5. The number of rotatable bonds is 3. The Balaban J connectivity index is 2.00. The Morgan fingerprint density at radius 3 is 2.64 bits per heavy atom. The van der Waals surface area contributed by atoms with Gasteiger partial charge in [-0.1, -0.05) is 17.7 Å². The van der Waals surface area contributed by atoms with E-state index in [2.05, 4.69) is 15.3 Å². The largest absolute Gasteiger partial charge is 0.306 e. The van der Waals surface area contributed by atoms with E-state index < -0.39 is 17.5 Å². The molecule has 0 aliphatic heterocycles. The number of hydrogen-bond donors (Lipinski definition) is 1. The maximum atomic E-state index is 14.2. The molecule has 3 aromatic rings. The molecule has 0 saturated carbocycles. The van der Waals surface area contributed by atoms with Gasteiger partial charge in [0.15, 0.2) is 0 Å². The molecular weight excluding hydrogens is 348 g/mol. The van der Waals surface area contributed by atoms with E-state index in [1.807, 2.05) is 0 Å². The first kappa shape index (κ1) is 17.0. The van der Waals surface area contributed by atoms with Gasteiger partial charge >= 0.3 is 0 Å². The third-order valence-corrected chi connectivity index (χ3v) is 3.80. The SMILES string of the molecule is Cc1ccncc1-c1cc(C(=O)Nc2cccc(Cl)n2)c(F)cc1F. The second-order valence-electron chi connectivity index (χ2n) is 5.30. The summed E-state index contributed by atoms with van der Waals surface area (Å²) >= 11 is 5.76. The van der Waals surface area contributed by atoms with Gasteiger partial charge < -0.3 is 5.32 Å². The molecule has 1 aromatic carbocycles. The summed E-state index contributed by atoms with van der Waals surface area (Å²) in [6.45, 7) is 1.77. The number of nitrogens with one attached hydrogen (secondary N) is 1. The molecule has 0 aliphatic carbocycles. The normalized spacial score (nSPS) is 10.6. The van der Waals surface area contributed by atoms with Crippen LogP contribution >= 0.6 is 11.6 Å². The van der Waals surface area contributed by atoms with Gasteiger partial charge in [0.05, 0.1) is 5.56 Å². The lowest BCUT2D eigenvalue weighted by atomic mass is 9.99. The lowest BCUT2D eigenvalue weighted by Gasteiger charge is -2.11. The van der Waals surface area contributed by atoms with Gasteiger partial charge in [0.2, 0.25) is 0 Å². The van der Waals surface area contributed by atoms with E-state index in [0.29, 0.717) is 11.6 Å². The van der Waals surface area contributed by atoms with Crippen molar-refractivity contribution in [2.75, 3.05) is 5.32 Å². The fourth-order valence-corrected chi connectivity index (χ4v) is 2.50.